The fourth-order valence-electron chi connectivity index (χ4n) is 8.00. The number of fused-ring (bicyclic) bond motifs is 14. The Labute approximate surface area is 349 Å². The normalized spacial score (nSPS) is 32.3. The molecule has 4 heterocycles. The van der Waals surface area contributed by atoms with Gasteiger partial charge < -0.3 is 59.7 Å². The Morgan fingerprint density at radius 3 is 2.27 bits per heavy atom. The Bertz CT molecular complexity index is 2120. The van der Waals surface area contributed by atoms with E-state index in [4.69, 9.17) is 18.9 Å². The summed E-state index contributed by atoms with van der Waals surface area (Å²) < 4.78 is 23.1. The first-order valence-corrected chi connectivity index (χ1v) is 20.0. The molecule has 1 fully saturated rings. The lowest BCUT2D eigenvalue weighted by Gasteiger charge is -2.44. The van der Waals surface area contributed by atoms with Gasteiger partial charge in [0.05, 0.1) is 86.2 Å². The molecule has 1 saturated heterocycles. The van der Waals surface area contributed by atoms with Crippen LogP contribution in [0.5, 0.6) is 23.0 Å². The molecule has 4 aliphatic rings. The number of aliphatic hydroxyl groups excluding tert-OH is 2. The van der Waals surface area contributed by atoms with Crippen LogP contribution in [0.15, 0.2) is 41.2 Å². The van der Waals surface area contributed by atoms with Crippen LogP contribution in [0.3, 0.4) is 0 Å². The van der Waals surface area contributed by atoms with E-state index in [0.717, 1.165) is 0 Å². The topological polar surface area (TPSA) is 240 Å². The van der Waals surface area contributed by atoms with E-state index in [1.807, 2.05) is 0 Å². The first-order valence-electron chi connectivity index (χ1n) is 20.0. The van der Waals surface area contributed by atoms with Crippen molar-refractivity contribution in [2.45, 2.75) is 85.6 Å². The van der Waals surface area contributed by atoms with Crippen LogP contribution in [0, 0.1) is 35.8 Å². The van der Waals surface area contributed by atoms with Crippen molar-refractivity contribution < 1.29 is 63.5 Å². The van der Waals surface area contributed by atoms with Crippen molar-refractivity contribution in [2.24, 2.45) is 28.8 Å². The van der Waals surface area contributed by atoms with Gasteiger partial charge in [0, 0.05) is 61.2 Å². The Kier molecular flexibility index (Phi) is 13.6. The van der Waals surface area contributed by atoms with Gasteiger partial charge in [0.2, 0.25) is 0 Å². The number of hydrazone groups is 1. The number of anilines is 1. The summed E-state index contributed by atoms with van der Waals surface area (Å²) in [4.78, 5) is 40.5. The third-order valence-corrected chi connectivity index (χ3v) is 12.0. The second-order valence-electron chi connectivity index (χ2n) is 16.6. The number of allylic oxidation sites excluding steroid dienone is 2. The minimum Gasteiger partial charge on any atom is -0.633 e. The molecule has 6 N–H and O–H groups in total. The Morgan fingerprint density at radius 2 is 1.65 bits per heavy atom. The highest BCUT2D eigenvalue weighted by Crippen LogP contribution is 2.55. The molecule has 6 rings (SSSR count). The molecule has 0 aromatic heterocycles. The van der Waals surface area contributed by atoms with E-state index in [0.29, 0.717) is 0 Å². The number of ether oxygens (including phenoxy) is 4. The molecule has 9 atom stereocenters. The zero-order valence-corrected chi connectivity index (χ0v) is 35.8. The second-order valence-corrected chi connectivity index (χ2v) is 16.6. The molecular weight excluding hydrogens is 780 g/mol. The third-order valence-electron chi connectivity index (χ3n) is 12.0. The number of esters is 1. The van der Waals surface area contributed by atoms with Gasteiger partial charge in [0.1, 0.15) is 23.4 Å². The summed E-state index contributed by atoms with van der Waals surface area (Å²) in [5, 5.41) is 78.9. The largest absolute Gasteiger partial charge is 0.633 e. The number of piperazine rings is 1. The number of carbonyl (C=O) groups excluding carboxylic acids is 3. The molecule has 17 heteroatoms. The fourth-order valence-corrected chi connectivity index (χ4v) is 8.00. The summed E-state index contributed by atoms with van der Waals surface area (Å²) in [6.07, 6.45) is 4.60. The number of hydrogen-bond acceptors (Lipinski definition) is 15. The average molecular weight is 839 g/mol. The van der Waals surface area contributed by atoms with Gasteiger partial charge in [-0.3, -0.25) is 19.4 Å². The molecule has 2 aromatic carbocycles. The highest BCUT2D eigenvalue weighted by atomic mass is 16.7. The zero-order valence-electron chi connectivity index (χ0n) is 35.8. The minimum atomic E-state index is -2.07. The second kappa shape index (κ2) is 17.8. The summed E-state index contributed by atoms with van der Waals surface area (Å²) >= 11 is 0. The molecule has 0 spiro atoms. The summed E-state index contributed by atoms with van der Waals surface area (Å²) in [5.74, 6) is -8.69. The highest BCUT2D eigenvalue weighted by molar-refractivity contribution is 6.23. The van der Waals surface area contributed by atoms with Crippen LogP contribution in [0.2, 0.25) is 0 Å². The van der Waals surface area contributed by atoms with Gasteiger partial charge in [0.25, 0.3) is 11.7 Å². The number of quaternary nitrogens is 1. The number of hydroxylamine groups is 3. The van der Waals surface area contributed by atoms with E-state index < -0.39 is 93.4 Å². The molecule has 1 amide bonds. The van der Waals surface area contributed by atoms with Gasteiger partial charge in [0.15, 0.2) is 5.75 Å². The van der Waals surface area contributed by atoms with E-state index in [2.05, 4.69) is 10.4 Å². The first kappa shape index (κ1) is 45.9. The molecule has 4 aliphatic heterocycles. The summed E-state index contributed by atoms with van der Waals surface area (Å²) in [7, 11) is 2.98. The molecule has 328 valence electrons. The number of aromatic hydroxyl groups is 3. The van der Waals surface area contributed by atoms with Crippen molar-refractivity contribution >= 4 is 40.3 Å². The number of amides is 1. The number of nitrogens with zero attached hydrogens (tertiary/aromatic N) is 3. The molecule has 0 saturated carbocycles. The fraction of sp³-hybridized carbons (Fsp3) is 0.535. The predicted molar refractivity (Wildman–Crippen MR) is 222 cm³/mol. The molecule has 0 aliphatic carbocycles. The lowest BCUT2D eigenvalue weighted by molar-refractivity contribution is -0.865. The number of nitrogens with one attached hydrogen (secondary N) is 1. The van der Waals surface area contributed by atoms with E-state index >= 15 is 0 Å². The number of aliphatic hydroxyl groups is 2. The number of benzene rings is 2. The number of Topliss-reactive ketones (excluding diaryl/α,β-unsaturated/α-hetero) is 1. The van der Waals surface area contributed by atoms with Crippen molar-refractivity contribution in [2.75, 3.05) is 45.7 Å². The molecular formula is C43H58N4O13. The van der Waals surface area contributed by atoms with Gasteiger partial charge in [-0.25, -0.2) is 0 Å². The van der Waals surface area contributed by atoms with Crippen molar-refractivity contribution in [3.05, 3.63) is 58.0 Å². The predicted octanol–water partition coefficient (Wildman–Crippen LogP) is 4.35. The highest BCUT2D eigenvalue weighted by Gasteiger charge is 2.50. The number of carbonyl (C=O) groups is 3. The summed E-state index contributed by atoms with van der Waals surface area (Å²) in [6, 6.07) is 0. The van der Waals surface area contributed by atoms with Crippen molar-refractivity contribution in [1.82, 2.24) is 5.01 Å². The molecule has 17 nitrogen and oxygen atoms in total. The lowest BCUT2D eigenvalue weighted by atomic mass is 9.78. The van der Waals surface area contributed by atoms with Gasteiger partial charge in [-0.15, -0.1) is 0 Å². The van der Waals surface area contributed by atoms with Crippen LogP contribution in [0.1, 0.15) is 70.0 Å². The van der Waals surface area contributed by atoms with Crippen LogP contribution in [0.25, 0.3) is 10.8 Å². The summed E-state index contributed by atoms with van der Waals surface area (Å²) in [5.41, 5.74) is -0.581. The van der Waals surface area contributed by atoms with E-state index in [9.17, 15) is 45.1 Å². The van der Waals surface area contributed by atoms with E-state index in [1.54, 1.807) is 51.9 Å². The smallest absolute Gasteiger partial charge is 0.312 e. The molecule has 2 aromatic rings. The summed E-state index contributed by atoms with van der Waals surface area (Å²) in [6.45, 7) is 13.4. The number of hydrogen-bond donors (Lipinski definition) is 6. The maximum atomic E-state index is 14.4. The standard InChI is InChI=1S/C43H58N4O13/c1-21-12-11-13-22(2)42(55)45-33-28(20-44-46-15-17-47(9,56)18-16-46)37(52)30-31(38(33)53)36(51)26(6)40-32(30)41(54)43(8,60-40)58-19-14-29(57-10)23(3)39(59-27(7)48)25(5)35(50)24(4)34(21)49/h11-14,19-21,23-25,29,34-35,39,49-53H,15-18H2,1-10H3,(H,45,55)/b12-11+,19-14+,22-13-,44-20+/t21-,23+,24+,25?,29-,34-,35+,39?,43-/m0/s1. The number of rotatable bonds is 4. The lowest BCUT2D eigenvalue weighted by Crippen LogP contribution is -2.52. The number of ketones is 1. The molecule has 0 radical (unpaired) electrons. The Morgan fingerprint density at radius 1 is 1.00 bits per heavy atom. The Hall–Kier alpha value is -5.20. The van der Waals surface area contributed by atoms with Crippen molar-refractivity contribution in [3.8, 4) is 23.0 Å². The minimum absolute atomic E-state index is 0.0279. The van der Waals surface area contributed by atoms with Crippen LogP contribution in [-0.4, -0.2) is 130 Å². The zero-order chi connectivity index (χ0) is 44.6. The number of methoxy groups -OCH3 is 1. The number of phenolic OH excluding ortho intramolecular Hbond substituents is 3. The van der Waals surface area contributed by atoms with E-state index in [-0.39, 0.29) is 70.7 Å². The Balaban J connectivity index is 1.70. The molecule has 5 bridgehead atoms. The third kappa shape index (κ3) is 8.95. The monoisotopic (exact) mass is 838 g/mol. The van der Waals surface area contributed by atoms with Gasteiger partial charge in [-0.05, 0) is 19.9 Å². The van der Waals surface area contributed by atoms with Crippen LogP contribution in [-0.2, 0) is 23.8 Å². The number of likely N-dealkylation sites (N-methyl/N-ethyl adjacent to an activating group) is 1. The van der Waals surface area contributed by atoms with Crippen LogP contribution in [0.4, 0.5) is 5.69 Å². The van der Waals surface area contributed by atoms with Crippen LogP contribution >= 0.6 is 0 Å². The maximum Gasteiger partial charge on any atom is 0.312 e. The van der Waals surface area contributed by atoms with Crippen molar-refractivity contribution in [3.63, 3.8) is 0 Å². The van der Waals surface area contributed by atoms with Crippen LogP contribution < -0.4 is 10.1 Å². The van der Waals surface area contributed by atoms with Crippen molar-refractivity contribution in [1.29, 1.82) is 0 Å². The average Bonchev–Trinajstić information content (AvgIpc) is 3.46. The molecule has 2 unspecified atom stereocenters. The van der Waals surface area contributed by atoms with Gasteiger partial charge in [-0.2, -0.15) is 5.10 Å². The van der Waals surface area contributed by atoms with E-state index in [1.165, 1.54) is 59.4 Å². The SMILES string of the molecule is CO[C@H]1/C=C/O[C@@]2(C)Oc3c(C)c(O)c4c(O)c(c(/C=N/N5CC[N+](C)([O-])CC5)c(O)c4c3C2=O)NC(=O)/C(C)=C\C=C\[C@H](C)[C@H](O)[C@@H](C)[C@@H](O)C(C)C(OC(C)=O)[C@@H]1C. The quantitative estimate of drug-likeness (QED) is 0.0627. The first-order chi connectivity index (χ1) is 28.0. The van der Waals surface area contributed by atoms with Gasteiger partial charge >= 0.3 is 11.8 Å². The molecule has 60 heavy (non-hydrogen) atoms. The number of phenols is 3. The van der Waals surface area contributed by atoms with Gasteiger partial charge in [-0.1, -0.05) is 45.9 Å². The maximum absolute atomic E-state index is 14.4.